The molecule has 3 rings (SSSR count). The molecule has 0 saturated carbocycles. The van der Waals surface area contributed by atoms with Gasteiger partial charge in [0.1, 0.15) is 11.6 Å². The molecule has 0 aliphatic heterocycles. The second-order valence-electron chi connectivity index (χ2n) is 5.41. The monoisotopic (exact) mass is 374 g/mol. The van der Waals surface area contributed by atoms with Crippen molar-refractivity contribution in [3.63, 3.8) is 0 Å². The van der Waals surface area contributed by atoms with E-state index in [2.05, 4.69) is 20.6 Å². The van der Waals surface area contributed by atoms with Crippen LogP contribution in [-0.4, -0.2) is 15.9 Å². The average molecular weight is 375 g/mol. The number of carbonyl (C=O) groups excluding carboxylic acids is 1. The quantitative estimate of drug-likeness (QED) is 0.694. The number of halogens is 3. The number of benzene rings is 2. The summed E-state index contributed by atoms with van der Waals surface area (Å²) in [6.45, 7) is 1.79. The summed E-state index contributed by atoms with van der Waals surface area (Å²) in [4.78, 5) is 20.2. The molecule has 0 aliphatic rings. The molecule has 0 spiro atoms. The van der Waals surface area contributed by atoms with E-state index in [9.17, 15) is 13.6 Å². The molecular formula is C18H13ClF2N4O. The summed E-state index contributed by atoms with van der Waals surface area (Å²) >= 11 is 6.03. The fraction of sp³-hybridized carbons (Fsp3) is 0.0556. The number of carbonyl (C=O) groups is 1. The summed E-state index contributed by atoms with van der Waals surface area (Å²) in [5.41, 5.74) is 1.57. The number of nitrogens with one attached hydrogen (secondary N) is 2. The summed E-state index contributed by atoms with van der Waals surface area (Å²) in [5.74, 6) is -1.79. The lowest BCUT2D eigenvalue weighted by Crippen LogP contribution is -2.14. The van der Waals surface area contributed by atoms with Gasteiger partial charge in [-0.2, -0.15) is 0 Å². The number of anilines is 3. The van der Waals surface area contributed by atoms with Gasteiger partial charge in [-0.25, -0.2) is 18.7 Å². The average Bonchev–Trinajstić information content (AvgIpc) is 2.62. The predicted molar refractivity (Wildman–Crippen MR) is 95.8 cm³/mol. The van der Waals surface area contributed by atoms with Gasteiger partial charge >= 0.3 is 0 Å². The lowest BCUT2D eigenvalue weighted by molar-refractivity contribution is 0.102. The molecule has 2 aromatic carbocycles. The Hall–Kier alpha value is -3.06. The fourth-order valence-electron chi connectivity index (χ4n) is 2.16. The maximum atomic E-state index is 13.6. The first-order valence-corrected chi connectivity index (χ1v) is 7.92. The van der Waals surface area contributed by atoms with Crippen molar-refractivity contribution < 1.29 is 13.6 Å². The van der Waals surface area contributed by atoms with Crippen LogP contribution >= 0.6 is 11.6 Å². The molecule has 8 heteroatoms. The maximum absolute atomic E-state index is 13.6. The second-order valence-corrected chi connectivity index (χ2v) is 5.82. The van der Waals surface area contributed by atoms with Gasteiger partial charge < -0.3 is 10.6 Å². The molecule has 0 fully saturated rings. The van der Waals surface area contributed by atoms with Gasteiger partial charge in [0.15, 0.2) is 0 Å². The highest BCUT2D eigenvalue weighted by Crippen LogP contribution is 2.23. The summed E-state index contributed by atoms with van der Waals surface area (Å²) in [6.07, 6.45) is 2.60. The van der Waals surface area contributed by atoms with E-state index in [4.69, 9.17) is 11.6 Å². The van der Waals surface area contributed by atoms with Crippen molar-refractivity contribution in [3.8, 4) is 0 Å². The Morgan fingerprint density at radius 1 is 1.08 bits per heavy atom. The lowest BCUT2D eigenvalue weighted by Gasteiger charge is -2.10. The van der Waals surface area contributed by atoms with Crippen molar-refractivity contribution in [1.82, 2.24) is 9.97 Å². The van der Waals surface area contributed by atoms with Gasteiger partial charge in [0, 0.05) is 29.2 Å². The molecule has 1 heterocycles. The molecule has 0 unspecified atom stereocenters. The smallest absolute Gasteiger partial charge is 0.258 e. The topological polar surface area (TPSA) is 66.9 Å². The number of aromatic nitrogens is 2. The third kappa shape index (κ3) is 3.94. The summed E-state index contributed by atoms with van der Waals surface area (Å²) in [7, 11) is 0. The van der Waals surface area contributed by atoms with Crippen molar-refractivity contribution >= 4 is 34.8 Å². The van der Waals surface area contributed by atoms with Crippen LogP contribution in [0.4, 0.5) is 26.1 Å². The molecule has 0 atom stereocenters. The SMILES string of the molecule is Cc1c(Cl)cccc1NC(=O)c1cnc(Nc2ccc(F)cc2F)nc1. The highest BCUT2D eigenvalue weighted by molar-refractivity contribution is 6.31. The van der Waals surface area contributed by atoms with Crippen molar-refractivity contribution in [2.24, 2.45) is 0 Å². The molecule has 1 amide bonds. The Morgan fingerprint density at radius 3 is 2.50 bits per heavy atom. The number of rotatable bonds is 4. The van der Waals surface area contributed by atoms with Crippen LogP contribution in [0.25, 0.3) is 0 Å². The summed E-state index contributed by atoms with van der Waals surface area (Å²) in [6, 6.07) is 8.28. The van der Waals surface area contributed by atoms with Gasteiger partial charge in [0.2, 0.25) is 5.95 Å². The molecule has 3 aromatic rings. The molecular weight excluding hydrogens is 362 g/mol. The van der Waals surface area contributed by atoms with Gasteiger partial charge in [0.25, 0.3) is 5.91 Å². The Bertz CT molecular complexity index is 964. The van der Waals surface area contributed by atoms with E-state index in [-0.39, 0.29) is 17.2 Å². The number of nitrogens with zero attached hydrogens (tertiary/aromatic N) is 2. The van der Waals surface area contributed by atoms with Gasteiger partial charge in [-0.1, -0.05) is 17.7 Å². The maximum Gasteiger partial charge on any atom is 0.258 e. The van der Waals surface area contributed by atoms with E-state index in [1.165, 1.54) is 18.5 Å². The van der Waals surface area contributed by atoms with E-state index in [0.29, 0.717) is 10.7 Å². The third-order valence-electron chi connectivity index (χ3n) is 3.61. The zero-order valence-electron chi connectivity index (χ0n) is 13.6. The first-order valence-electron chi connectivity index (χ1n) is 7.54. The Kier molecular flexibility index (Phi) is 5.09. The van der Waals surface area contributed by atoms with Crippen LogP contribution in [0.2, 0.25) is 5.02 Å². The van der Waals surface area contributed by atoms with E-state index in [1.54, 1.807) is 25.1 Å². The molecule has 2 N–H and O–H groups in total. The minimum Gasteiger partial charge on any atom is -0.322 e. The van der Waals surface area contributed by atoms with E-state index < -0.39 is 17.5 Å². The number of amides is 1. The van der Waals surface area contributed by atoms with Crippen molar-refractivity contribution in [1.29, 1.82) is 0 Å². The first-order chi connectivity index (χ1) is 12.4. The van der Waals surface area contributed by atoms with Crippen LogP contribution in [0.5, 0.6) is 0 Å². The molecule has 0 radical (unpaired) electrons. The van der Waals surface area contributed by atoms with Crippen LogP contribution in [0.3, 0.4) is 0 Å². The predicted octanol–water partition coefficient (Wildman–Crippen LogP) is 4.71. The molecule has 26 heavy (non-hydrogen) atoms. The second kappa shape index (κ2) is 7.45. The van der Waals surface area contributed by atoms with Gasteiger partial charge in [-0.05, 0) is 36.8 Å². The van der Waals surface area contributed by atoms with Crippen LogP contribution < -0.4 is 10.6 Å². The molecule has 1 aromatic heterocycles. The van der Waals surface area contributed by atoms with Crippen molar-refractivity contribution in [2.45, 2.75) is 6.92 Å². The Balaban J connectivity index is 1.72. The number of hydrogen-bond acceptors (Lipinski definition) is 4. The Labute approximate surface area is 153 Å². The summed E-state index contributed by atoms with van der Waals surface area (Å²) < 4.78 is 26.5. The van der Waals surface area contributed by atoms with Crippen molar-refractivity contribution in [3.05, 3.63) is 76.6 Å². The van der Waals surface area contributed by atoms with E-state index >= 15 is 0 Å². The van der Waals surface area contributed by atoms with Crippen LogP contribution in [0.15, 0.2) is 48.8 Å². The van der Waals surface area contributed by atoms with Crippen LogP contribution in [-0.2, 0) is 0 Å². The third-order valence-corrected chi connectivity index (χ3v) is 4.02. The van der Waals surface area contributed by atoms with Crippen LogP contribution in [0, 0.1) is 18.6 Å². The fourth-order valence-corrected chi connectivity index (χ4v) is 2.33. The Morgan fingerprint density at radius 2 is 1.81 bits per heavy atom. The van der Waals surface area contributed by atoms with Gasteiger partial charge in [-0.15, -0.1) is 0 Å². The lowest BCUT2D eigenvalue weighted by atomic mass is 10.2. The molecule has 132 valence electrons. The zero-order chi connectivity index (χ0) is 18.7. The highest BCUT2D eigenvalue weighted by Gasteiger charge is 2.11. The number of hydrogen-bond donors (Lipinski definition) is 2. The molecule has 0 bridgehead atoms. The van der Waals surface area contributed by atoms with Gasteiger partial charge in [0.05, 0.1) is 11.3 Å². The zero-order valence-corrected chi connectivity index (χ0v) is 14.3. The van der Waals surface area contributed by atoms with E-state index in [1.807, 2.05) is 0 Å². The molecule has 5 nitrogen and oxygen atoms in total. The van der Waals surface area contributed by atoms with Gasteiger partial charge in [-0.3, -0.25) is 4.79 Å². The van der Waals surface area contributed by atoms with E-state index in [0.717, 1.165) is 17.7 Å². The van der Waals surface area contributed by atoms with Crippen LogP contribution in [0.1, 0.15) is 15.9 Å². The highest BCUT2D eigenvalue weighted by atomic mass is 35.5. The normalized spacial score (nSPS) is 10.5. The largest absolute Gasteiger partial charge is 0.322 e. The minimum atomic E-state index is -0.771. The molecule has 0 aliphatic carbocycles. The first kappa shape index (κ1) is 17.8. The minimum absolute atomic E-state index is 0.0261. The standard InChI is InChI=1S/C18H13ClF2N4O/c1-10-13(19)3-2-4-15(10)24-17(26)11-8-22-18(23-9-11)25-16-6-5-12(20)7-14(16)21/h2-9H,1H3,(H,24,26)(H,22,23,25). The summed E-state index contributed by atoms with van der Waals surface area (Å²) in [5, 5.41) is 5.89. The molecule has 0 saturated heterocycles. The van der Waals surface area contributed by atoms with Crippen molar-refractivity contribution in [2.75, 3.05) is 10.6 Å².